The number of anilines is 2. The van der Waals surface area contributed by atoms with E-state index < -0.39 is 18.5 Å². The van der Waals surface area contributed by atoms with E-state index in [9.17, 15) is 14.4 Å². The van der Waals surface area contributed by atoms with E-state index >= 15 is 0 Å². The molecule has 0 spiro atoms. The molecule has 1 aromatic heterocycles. The molecule has 0 unspecified atom stereocenters. The topological polar surface area (TPSA) is 114 Å². The van der Waals surface area contributed by atoms with Gasteiger partial charge in [0.1, 0.15) is 0 Å². The first-order valence-corrected chi connectivity index (χ1v) is 11.5. The van der Waals surface area contributed by atoms with Gasteiger partial charge in [-0.3, -0.25) is 9.59 Å². The summed E-state index contributed by atoms with van der Waals surface area (Å²) < 4.78 is 5.08. The highest BCUT2D eigenvalue weighted by molar-refractivity contribution is 6.04. The first-order chi connectivity index (χ1) is 17.0. The zero-order valence-corrected chi connectivity index (χ0v) is 19.5. The first kappa shape index (κ1) is 23.9. The van der Waals surface area contributed by atoms with Gasteiger partial charge in [-0.25, -0.2) is 4.79 Å². The van der Waals surface area contributed by atoms with Crippen molar-refractivity contribution in [2.75, 3.05) is 29.9 Å². The van der Waals surface area contributed by atoms with Gasteiger partial charge in [-0.2, -0.15) is 0 Å². The molecular formula is C26H27N5O4. The molecule has 180 valence electrons. The molecule has 1 aliphatic heterocycles. The highest BCUT2D eigenvalue weighted by Gasteiger charge is 2.18. The van der Waals surface area contributed by atoms with E-state index in [1.165, 1.54) is 6.07 Å². The van der Waals surface area contributed by atoms with Crippen molar-refractivity contribution in [3.05, 3.63) is 83.0 Å². The third-order valence-corrected chi connectivity index (χ3v) is 5.64. The Kier molecular flexibility index (Phi) is 7.67. The number of benzene rings is 2. The van der Waals surface area contributed by atoms with Crippen molar-refractivity contribution < 1.29 is 19.1 Å². The predicted octanol–water partition coefficient (Wildman–Crippen LogP) is 3.11. The number of hydrogen-bond acceptors (Lipinski definition) is 7. The molecule has 1 fully saturated rings. The van der Waals surface area contributed by atoms with Gasteiger partial charge in [-0.15, -0.1) is 10.2 Å². The average molecular weight is 474 g/mol. The second-order valence-electron chi connectivity index (χ2n) is 8.31. The average Bonchev–Trinajstić information content (AvgIpc) is 3.42. The van der Waals surface area contributed by atoms with Crippen LogP contribution in [0.2, 0.25) is 0 Å². The SMILES string of the molecule is Cc1ccc(CNC(=O)c2ccccc2NC(=O)COC(=O)c2ccc(N3CCCC3)nn2)cc1. The molecule has 0 saturated carbocycles. The largest absolute Gasteiger partial charge is 0.451 e. The quantitative estimate of drug-likeness (QED) is 0.483. The lowest BCUT2D eigenvalue weighted by Gasteiger charge is -2.15. The number of rotatable bonds is 8. The Morgan fingerprint density at radius 1 is 0.943 bits per heavy atom. The van der Waals surface area contributed by atoms with Gasteiger partial charge in [0, 0.05) is 19.6 Å². The lowest BCUT2D eigenvalue weighted by Crippen LogP contribution is -2.26. The van der Waals surface area contributed by atoms with Gasteiger partial charge in [0.05, 0.1) is 11.3 Å². The minimum absolute atomic E-state index is 0.0247. The molecule has 0 radical (unpaired) electrons. The number of hydrogen-bond donors (Lipinski definition) is 2. The van der Waals surface area contributed by atoms with E-state index in [4.69, 9.17) is 4.74 Å². The van der Waals surface area contributed by atoms with Crippen LogP contribution in [0.4, 0.5) is 11.5 Å². The number of carbonyl (C=O) groups excluding carboxylic acids is 3. The Hall–Kier alpha value is -4.27. The summed E-state index contributed by atoms with van der Waals surface area (Å²) >= 11 is 0. The van der Waals surface area contributed by atoms with E-state index in [2.05, 4.69) is 25.7 Å². The Bertz CT molecular complexity index is 1190. The molecule has 2 N–H and O–H groups in total. The minimum atomic E-state index is -0.746. The van der Waals surface area contributed by atoms with Crippen LogP contribution in [0.25, 0.3) is 0 Å². The summed E-state index contributed by atoms with van der Waals surface area (Å²) in [5, 5.41) is 13.5. The molecule has 9 nitrogen and oxygen atoms in total. The van der Waals surface area contributed by atoms with Gasteiger partial charge >= 0.3 is 5.97 Å². The number of nitrogens with one attached hydrogen (secondary N) is 2. The second kappa shape index (κ2) is 11.2. The maximum atomic E-state index is 12.7. The summed E-state index contributed by atoms with van der Waals surface area (Å²) in [4.78, 5) is 39.5. The van der Waals surface area contributed by atoms with E-state index in [1.807, 2.05) is 31.2 Å². The fourth-order valence-corrected chi connectivity index (χ4v) is 3.71. The molecule has 0 aliphatic carbocycles. The van der Waals surface area contributed by atoms with Gasteiger partial charge in [-0.1, -0.05) is 42.0 Å². The van der Waals surface area contributed by atoms with Crippen LogP contribution in [0.3, 0.4) is 0 Å². The van der Waals surface area contributed by atoms with Gasteiger partial charge < -0.3 is 20.3 Å². The summed E-state index contributed by atoms with van der Waals surface area (Å²) in [6, 6.07) is 17.7. The molecule has 2 heterocycles. The highest BCUT2D eigenvalue weighted by atomic mass is 16.5. The fraction of sp³-hybridized carbons (Fsp3) is 0.269. The molecule has 0 bridgehead atoms. The molecular weight excluding hydrogens is 446 g/mol. The van der Waals surface area contributed by atoms with Crippen LogP contribution in [-0.2, 0) is 16.1 Å². The fourth-order valence-electron chi connectivity index (χ4n) is 3.71. The minimum Gasteiger partial charge on any atom is -0.451 e. The van der Waals surface area contributed by atoms with Gasteiger partial charge in [0.15, 0.2) is 18.1 Å². The Morgan fingerprint density at radius 2 is 1.69 bits per heavy atom. The zero-order valence-electron chi connectivity index (χ0n) is 19.5. The molecule has 2 aromatic carbocycles. The third kappa shape index (κ3) is 6.41. The summed E-state index contributed by atoms with van der Waals surface area (Å²) in [7, 11) is 0. The monoisotopic (exact) mass is 473 g/mol. The van der Waals surface area contributed by atoms with Crippen molar-refractivity contribution in [1.82, 2.24) is 15.5 Å². The number of nitrogens with zero attached hydrogens (tertiary/aromatic N) is 3. The van der Waals surface area contributed by atoms with Crippen LogP contribution >= 0.6 is 0 Å². The van der Waals surface area contributed by atoms with Crippen LogP contribution in [0, 0.1) is 6.92 Å². The Morgan fingerprint density at radius 3 is 2.40 bits per heavy atom. The number of aromatic nitrogens is 2. The number of ether oxygens (including phenoxy) is 1. The Balaban J connectivity index is 1.29. The molecule has 1 saturated heterocycles. The Labute approximate surface area is 203 Å². The lowest BCUT2D eigenvalue weighted by molar-refractivity contribution is -0.119. The van der Waals surface area contributed by atoms with Crippen LogP contribution in [-0.4, -0.2) is 47.7 Å². The standard InChI is InChI=1S/C26H27N5O4/c1-18-8-10-19(11-9-18)16-27-25(33)20-6-2-3-7-21(20)28-24(32)17-35-26(34)22-12-13-23(30-29-22)31-14-4-5-15-31/h2-3,6-13H,4-5,14-17H2,1H3,(H,27,33)(H,28,32). The van der Waals surface area contributed by atoms with E-state index in [0.717, 1.165) is 37.1 Å². The van der Waals surface area contributed by atoms with Crippen molar-refractivity contribution in [2.24, 2.45) is 0 Å². The van der Waals surface area contributed by atoms with Crippen LogP contribution in [0.1, 0.15) is 44.8 Å². The van der Waals surface area contributed by atoms with Gasteiger partial charge in [-0.05, 0) is 49.6 Å². The summed E-state index contributed by atoms with van der Waals surface area (Å²) in [5.41, 5.74) is 2.76. The number of amides is 2. The van der Waals surface area contributed by atoms with Crippen LogP contribution < -0.4 is 15.5 Å². The molecule has 35 heavy (non-hydrogen) atoms. The van der Waals surface area contributed by atoms with Crippen molar-refractivity contribution in [3.63, 3.8) is 0 Å². The highest BCUT2D eigenvalue weighted by Crippen LogP contribution is 2.17. The van der Waals surface area contributed by atoms with E-state index in [0.29, 0.717) is 23.6 Å². The van der Waals surface area contributed by atoms with Crippen molar-refractivity contribution in [2.45, 2.75) is 26.3 Å². The summed E-state index contributed by atoms with van der Waals surface area (Å²) in [5.74, 6) is -0.926. The smallest absolute Gasteiger partial charge is 0.359 e. The predicted molar refractivity (Wildman–Crippen MR) is 131 cm³/mol. The van der Waals surface area contributed by atoms with Crippen LogP contribution in [0.15, 0.2) is 60.7 Å². The van der Waals surface area contributed by atoms with Crippen molar-refractivity contribution >= 4 is 29.3 Å². The van der Waals surface area contributed by atoms with Gasteiger partial charge in [0.25, 0.3) is 11.8 Å². The second-order valence-corrected chi connectivity index (χ2v) is 8.31. The van der Waals surface area contributed by atoms with E-state index in [-0.39, 0.29) is 11.6 Å². The maximum absolute atomic E-state index is 12.7. The molecule has 0 atom stereocenters. The molecule has 9 heteroatoms. The molecule has 2 amide bonds. The number of esters is 1. The van der Waals surface area contributed by atoms with Crippen LogP contribution in [0.5, 0.6) is 0 Å². The molecule has 4 rings (SSSR count). The first-order valence-electron chi connectivity index (χ1n) is 11.5. The number of carbonyl (C=O) groups is 3. The molecule has 3 aromatic rings. The number of para-hydroxylation sites is 1. The van der Waals surface area contributed by atoms with E-state index in [1.54, 1.807) is 30.3 Å². The maximum Gasteiger partial charge on any atom is 0.359 e. The summed E-state index contributed by atoms with van der Waals surface area (Å²) in [6.07, 6.45) is 2.22. The molecule has 1 aliphatic rings. The lowest BCUT2D eigenvalue weighted by atomic mass is 10.1. The van der Waals surface area contributed by atoms with Gasteiger partial charge in [0.2, 0.25) is 0 Å². The van der Waals surface area contributed by atoms with Crippen molar-refractivity contribution in [1.29, 1.82) is 0 Å². The summed E-state index contributed by atoms with van der Waals surface area (Å²) in [6.45, 7) is 3.68. The third-order valence-electron chi connectivity index (χ3n) is 5.64. The zero-order chi connectivity index (χ0) is 24.6. The normalized spacial score (nSPS) is 12.8. The number of aryl methyl sites for hydroxylation is 1. The van der Waals surface area contributed by atoms with Crippen molar-refractivity contribution in [3.8, 4) is 0 Å².